The van der Waals surface area contributed by atoms with Gasteiger partial charge in [0.15, 0.2) is 0 Å². The molecule has 0 spiro atoms. The van der Waals surface area contributed by atoms with Gasteiger partial charge in [-0.2, -0.15) is 0 Å². The Kier molecular flexibility index (Phi) is 8.68. The number of likely N-dealkylation sites (N-methyl/N-ethyl adjacent to an activating group) is 1. The molecule has 0 bridgehead atoms. The normalized spacial score (nSPS) is 14.9. The SMILES string of the molecule is CCN(CC)C(=O)C(NC(=O)c1cccc(OC)c1)C1CCN(C(=O)c2ccc(C)cc2)CC1. The van der Waals surface area contributed by atoms with Crippen molar-refractivity contribution in [2.75, 3.05) is 33.3 Å². The topological polar surface area (TPSA) is 79.0 Å². The van der Waals surface area contributed by atoms with Crippen LogP contribution in [-0.2, 0) is 4.79 Å². The largest absolute Gasteiger partial charge is 0.497 e. The van der Waals surface area contributed by atoms with Gasteiger partial charge in [-0.1, -0.05) is 23.8 Å². The molecule has 2 aromatic carbocycles. The predicted octanol–water partition coefficient (Wildman–Crippen LogP) is 3.52. The third-order valence-corrected chi connectivity index (χ3v) is 6.56. The molecule has 0 saturated carbocycles. The van der Waals surface area contributed by atoms with Crippen molar-refractivity contribution < 1.29 is 19.1 Å². The van der Waals surface area contributed by atoms with E-state index in [-0.39, 0.29) is 23.6 Å². The van der Waals surface area contributed by atoms with Gasteiger partial charge in [0.05, 0.1) is 7.11 Å². The van der Waals surface area contributed by atoms with Crippen LogP contribution in [0.2, 0.25) is 0 Å². The maximum Gasteiger partial charge on any atom is 0.253 e. The zero-order valence-electron chi connectivity index (χ0n) is 20.5. The number of methoxy groups -OCH3 is 1. The van der Waals surface area contributed by atoms with E-state index in [1.165, 1.54) is 0 Å². The lowest BCUT2D eigenvalue weighted by atomic mass is 9.87. The van der Waals surface area contributed by atoms with Gasteiger partial charge in [0.2, 0.25) is 5.91 Å². The van der Waals surface area contributed by atoms with Crippen molar-refractivity contribution in [2.24, 2.45) is 5.92 Å². The van der Waals surface area contributed by atoms with Crippen LogP contribution in [0.3, 0.4) is 0 Å². The van der Waals surface area contributed by atoms with Crippen molar-refractivity contribution in [1.29, 1.82) is 0 Å². The molecular weight excluding hydrogens is 430 g/mol. The minimum Gasteiger partial charge on any atom is -0.497 e. The van der Waals surface area contributed by atoms with Gasteiger partial charge in [-0.3, -0.25) is 14.4 Å². The smallest absolute Gasteiger partial charge is 0.253 e. The minimum atomic E-state index is -0.643. The van der Waals surface area contributed by atoms with E-state index in [4.69, 9.17) is 4.74 Å². The Hall–Kier alpha value is -3.35. The van der Waals surface area contributed by atoms with Gasteiger partial charge in [0.25, 0.3) is 11.8 Å². The van der Waals surface area contributed by atoms with Crippen LogP contribution < -0.4 is 10.1 Å². The van der Waals surface area contributed by atoms with Crippen molar-refractivity contribution in [3.05, 3.63) is 65.2 Å². The summed E-state index contributed by atoms with van der Waals surface area (Å²) in [5.41, 5.74) is 2.23. The number of hydrogen-bond donors (Lipinski definition) is 1. The van der Waals surface area contributed by atoms with Gasteiger partial charge in [-0.05, 0) is 69.9 Å². The summed E-state index contributed by atoms with van der Waals surface area (Å²) in [5, 5.41) is 3.00. The molecule has 34 heavy (non-hydrogen) atoms. The fourth-order valence-electron chi connectivity index (χ4n) is 4.42. The molecule has 1 N–H and O–H groups in total. The Morgan fingerprint density at radius 3 is 2.26 bits per heavy atom. The number of rotatable bonds is 8. The van der Waals surface area contributed by atoms with E-state index in [0.717, 1.165) is 5.56 Å². The predicted molar refractivity (Wildman–Crippen MR) is 132 cm³/mol. The zero-order valence-corrected chi connectivity index (χ0v) is 20.5. The molecule has 1 saturated heterocycles. The molecule has 3 rings (SSSR count). The fourth-order valence-corrected chi connectivity index (χ4v) is 4.42. The van der Waals surface area contributed by atoms with Crippen LogP contribution in [0.1, 0.15) is 53.0 Å². The Morgan fingerprint density at radius 2 is 1.68 bits per heavy atom. The fraction of sp³-hybridized carbons (Fsp3) is 0.444. The van der Waals surface area contributed by atoms with E-state index in [2.05, 4.69) is 5.32 Å². The molecule has 1 aliphatic heterocycles. The molecule has 7 heteroatoms. The first kappa shape index (κ1) is 25.3. The van der Waals surface area contributed by atoms with E-state index < -0.39 is 6.04 Å². The lowest BCUT2D eigenvalue weighted by molar-refractivity contribution is -0.134. The highest BCUT2D eigenvalue weighted by molar-refractivity contribution is 5.98. The summed E-state index contributed by atoms with van der Waals surface area (Å²) in [6.07, 6.45) is 1.29. The average molecular weight is 466 g/mol. The molecule has 182 valence electrons. The van der Waals surface area contributed by atoms with Crippen molar-refractivity contribution in [3.8, 4) is 5.75 Å². The van der Waals surface area contributed by atoms with E-state index in [1.54, 1.807) is 36.3 Å². The first-order chi connectivity index (χ1) is 16.4. The van der Waals surface area contributed by atoms with Crippen LogP contribution in [0.15, 0.2) is 48.5 Å². The molecule has 1 unspecified atom stereocenters. The minimum absolute atomic E-state index is 0.00508. The third kappa shape index (κ3) is 5.95. The van der Waals surface area contributed by atoms with Crippen molar-refractivity contribution in [1.82, 2.24) is 15.1 Å². The van der Waals surface area contributed by atoms with Crippen LogP contribution in [0, 0.1) is 12.8 Å². The van der Waals surface area contributed by atoms with Gasteiger partial charge in [-0.25, -0.2) is 0 Å². The molecule has 1 aliphatic rings. The number of carbonyl (C=O) groups excluding carboxylic acids is 3. The highest BCUT2D eigenvalue weighted by Crippen LogP contribution is 2.24. The van der Waals surface area contributed by atoms with Gasteiger partial charge in [0.1, 0.15) is 11.8 Å². The van der Waals surface area contributed by atoms with Crippen LogP contribution >= 0.6 is 0 Å². The summed E-state index contributed by atoms with van der Waals surface area (Å²) in [4.78, 5) is 42.9. The number of benzene rings is 2. The van der Waals surface area contributed by atoms with E-state index >= 15 is 0 Å². The maximum atomic E-state index is 13.4. The first-order valence-electron chi connectivity index (χ1n) is 12.0. The first-order valence-corrected chi connectivity index (χ1v) is 12.0. The number of likely N-dealkylation sites (tertiary alicyclic amines) is 1. The number of nitrogens with zero attached hydrogens (tertiary/aromatic N) is 2. The second-order valence-electron chi connectivity index (χ2n) is 8.69. The quantitative estimate of drug-likeness (QED) is 0.647. The number of ether oxygens (including phenoxy) is 1. The highest BCUT2D eigenvalue weighted by atomic mass is 16.5. The van der Waals surface area contributed by atoms with Gasteiger partial charge in [-0.15, -0.1) is 0 Å². The molecule has 3 amide bonds. The highest BCUT2D eigenvalue weighted by Gasteiger charge is 2.35. The lowest BCUT2D eigenvalue weighted by Gasteiger charge is -2.37. The Morgan fingerprint density at radius 1 is 1.03 bits per heavy atom. The molecule has 1 fully saturated rings. The van der Waals surface area contributed by atoms with Crippen LogP contribution in [0.5, 0.6) is 5.75 Å². The number of hydrogen-bond acceptors (Lipinski definition) is 4. The van der Waals surface area contributed by atoms with Crippen LogP contribution in [-0.4, -0.2) is 66.9 Å². The summed E-state index contributed by atoms with van der Waals surface area (Å²) in [6.45, 7) is 8.11. The molecule has 0 radical (unpaired) electrons. The van der Waals surface area contributed by atoms with E-state index in [0.29, 0.717) is 55.9 Å². The second kappa shape index (κ2) is 11.7. The molecule has 2 aromatic rings. The molecule has 0 aromatic heterocycles. The van der Waals surface area contributed by atoms with Crippen molar-refractivity contribution in [2.45, 2.75) is 39.7 Å². The Labute approximate surface area is 202 Å². The molecule has 7 nitrogen and oxygen atoms in total. The second-order valence-corrected chi connectivity index (χ2v) is 8.69. The van der Waals surface area contributed by atoms with Gasteiger partial charge < -0.3 is 19.9 Å². The van der Waals surface area contributed by atoms with Crippen molar-refractivity contribution >= 4 is 17.7 Å². The van der Waals surface area contributed by atoms with Crippen LogP contribution in [0.4, 0.5) is 0 Å². The van der Waals surface area contributed by atoms with Crippen molar-refractivity contribution in [3.63, 3.8) is 0 Å². The standard InChI is InChI=1S/C27H35N3O4/c1-5-29(6-2)27(33)24(28-25(31)22-8-7-9-23(18-22)34-4)20-14-16-30(17-15-20)26(32)21-12-10-19(3)11-13-21/h7-13,18,20,24H,5-6,14-17H2,1-4H3,(H,28,31). The molecule has 1 heterocycles. The number of amides is 3. The molecule has 1 atom stereocenters. The maximum absolute atomic E-state index is 13.4. The van der Waals surface area contributed by atoms with E-state index in [9.17, 15) is 14.4 Å². The summed E-state index contributed by atoms with van der Waals surface area (Å²) >= 11 is 0. The van der Waals surface area contributed by atoms with Gasteiger partial charge in [0, 0.05) is 37.3 Å². The summed E-state index contributed by atoms with van der Waals surface area (Å²) in [6, 6.07) is 13.8. The summed E-state index contributed by atoms with van der Waals surface area (Å²) < 4.78 is 5.23. The number of aryl methyl sites for hydroxylation is 1. The molecular formula is C27H35N3O4. The zero-order chi connectivity index (χ0) is 24.7. The van der Waals surface area contributed by atoms with E-state index in [1.807, 2.05) is 49.9 Å². The lowest BCUT2D eigenvalue weighted by Crippen LogP contribution is -2.54. The summed E-state index contributed by atoms with van der Waals surface area (Å²) in [7, 11) is 1.55. The Bertz CT molecular complexity index is 993. The molecule has 0 aliphatic carbocycles. The third-order valence-electron chi connectivity index (χ3n) is 6.56. The Balaban J connectivity index is 1.73. The number of nitrogens with one attached hydrogen (secondary N) is 1. The van der Waals surface area contributed by atoms with Gasteiger partial charge >= 0.3 is 0 Å². The number of piperidine rings is 1. The monoisotopic (exact) mass is 465 g/mol. The average Bonchev–Trinajstić information content (AvgIpc) is 2.88. The summed E-state index contributed by atoms with van der Waals surface area (Å²) in [5.74, 6) is 0.157. The number of carbonyl (C=O) groups is 3. The van der Waals surface area contributed by atoms with Crippen LogP contribution in [0.25, 0.3) is 0 Å².